The highest BCUT2D eigenvalue weighted by molar-refractivity contribution is 5.92. The number of amides is 3. The molecule has 15 heteroatoms. The second kappa shape index (κ2) is 18.5. The van der Waals surface area contributed by atoms with Crippen LogP contribution in [-0.2, 0) is 28.9 Å². The van der Waals surface area contributed by atoms with Crippen LogP contribution in [0.5, 0.6) is 0 Å². The number of carbonyl (C=O) groups excluding carboxylic acids is 6. The maximum Gasteiger partial charge on any atom is 0.363 e. The molecule has 4 saturated heterocycles. The summed E-state index contributed by atoms with van der Waals surface area (Å²) in [6.07, 6.45) is 2.38. The average molecular weight is 781 g/mol. The van der Waals surface area contributed by atoms with E-state index in [9.17, 15) is 28.8 Å². The molecule has 4 fully saturated rings. The van der Waals surface area contributed by atoms with Crippen molar-refractivity contribution in [3.63, 3.8) is 0 Å². The lowest BCUT2D eigenvalue weighted by molar-refractivity contribution is -0.169. The highest BCUT2D eigenvalue weighted by atomic mass is 16.7. The Morgan fingerprint density at radius 1 is 0.421 bits per heavy atom. The Hall–Kier alpha value is -5.64. The first-order valence-electron chi connectivity index (χ1n) is 19.7. The van der Waals surface area contributed by atoms with Crippen molar-refractivity contribution in [2.75, 3.05) is 58.9 Å². The quantitative estimate of drug-likeness (QED) is 0.266. The summed E-state index contributed by atoms with van der Waals surface area (Å²) < 4.78 is 0. The number of carbonyl (C=O) groups is 6. The molecule has 0 aromatic heterocycles. The second-order valence-corrected chi connectivity index (χ2v) is 14.9. The minimum absolute atomic E-state index is 0.246. The van der Waals surface area contributed by atoms with Crippen molar-refractivity contribution >= 4 is 35.6 Å². The zero-order valence-corrected chi connectivity index (χ0v) is 31.9. The molecule has 57 heavy (non-hydrogen) atoms. The van der Waals surface area contributed by atoms with E-state index in [-0.39, 0.29) is 55.1 Å². The molecule has 3 unspecified atom stereocenters. The third-order valence-electron chi connectivity index (χ3n) is 11.0. The smallest absolute Gasteiger partial charge is 0.332 e. The van der Waals surface area contributed by atoms with Gasteiger partial charge in [-0.05, 0) is 55.7 Å². The van der Waals surface area contributed by atoms with Gasteiger partial charge in [0.15, 0.2) is 0 Å². The standard InChI is InChI=1S/C42H48N6O9/c49-37-19-16-34(46(37)55-40(52)31-10-4-1-5-11-31)28-43-22-24-44(29-35-17-20-38(50)47(35)56-41(53)32-12-6-2-7-13-32)26-27-45(25-23-43)30-36-18-21-39(51)48(36)57-42(54)33-14-8-3-9-15-33/h1-15,34-36H,16-30H2. The molecule has 0 radical (unpaired) electrons. The summed E-state index contributed by atoms with van der Waals surface area (Å²) in [7, 11) is 0. The molecule has 3 atom stereocenters. The number of benzene rings is 3. The molecule has 0 aliphatic carbocycles. The predicted octanol–water partition coefficient (Wildman–Crippen LogP) is 3.20. The van der Waals surface area contributed by atoms with Crippen LogP contribution in [0.4, 0.5) is 0 Å². The molecular weight excluding hydrogens is 732 g/mol. The van der Waals surface area contributed by atoms with Gasteiger partial charge in [-0.25, -0.2) is 14.4 Å². The maximum absolute atomic E-state index is 13.0. The Labute approximate surface area is 331 Å². The van der Waals surface area contributed by atoms with E-state index < -0.39 is 17.9 Å². The van der Waals surface area contributed by atoms with Crippen molar-refractivity contribution in [1.29, 1.82) is 0 Å². The highest BCUT2D eigenvalue weighted by Crippen LogP contribution is 2.25. The van der Waals surface area contributed by atoms with E-state index in [1.165, 1.54) is 15.2 Å². The largest absolute Gasteiger partial charge is 0.363 e. The van der Waals surface area contributed by atoms with Crippen LogP contribution in [0.1, 0.15) is 69.6 Å². The molecule has 0 saturated carbocycles. The van der Waals surface area contributed by atoms with Crippen LogP contribution in [0, 0.1) is 0 Å². The van der Waals surface area contributed by atoms with E-state index in [0.29, 0.717) is 94.9 Å². The van der Waals surface area contributed by atoms with Gasteiger partial charge in [-0.15, -0.1) is 0 Å². The zero-order chi connectivity index (χ0) is 39.7. The minimum Gasteiger partial charge on any atom is -0.332 e. The molecule has 15 nitrogen and oxygen atoms in total. The van der Waals surface area contributed by atoms with Crippen molar-refractivity contribution in [1.82, 2.24) is 29.9 Å². The topological polar surface area (TPSA) is 150 Å². The third-order valence-corrected chi connectivity index (χ3v) is 11.0. The Morgan fingerprint density at radius 2 is 0.667 bits per heavy atom. The Balaban J connectivity index is 1.05. The van der Waals surface area contributed by atoms with Crippen LogP contribution >= 0.6 is 0 Å². The molecule has 4 aliphatic rings. The van der Waals surface area contributed by atoms with Crippen molar-refractivity contribution < 1.29 is 43.3 Å². The van der Waals surface area contributed by atoms with Gasteiger partial charge in [-0.1, -0.05) is 54.6 Å². The third kappa shape index (κ3) is 10.0. The van der Waals surface area contributed by atoms with E-state index in [0.717, 1.165) is 0 Å². The molecule has 300 valence electrons. The number of hydrogen-bond acceptors (Lipinski definition) is 12. The lowest BCUT2D eigenvalue weighted by atomic mass is 10.2. The predicted molar refractivity (Wildman–Crippen MR) is 204 cm³/mol. The van der Waals surface area contributed by atoms with Gasteiger partial charge >= 0.3 is 17.9 Å². The van der Waals surface area contributed by atoms with E-state index in [4.69, 9.17) is 14.5 Å². The van der Waals surface area contributed by atoms with Crippen LogP contribution in [0.2, 0.25) is 0 Å². The Bertz CT molecular complexity index is 1670. The monoisotopic (exact) mass is 780 g/mol. The van der Waals surface area contributed by atoms with Gasteiger partial charge in [0.1, 0.15) is 0 Å². The van der Waals surface area contributed by atoms with E-state index in [1.807, 2.05) is 0 Å². The summed E-state index contributed by atoms with van der Waals surface area (Å²) >= 11 is 0. The molecule has 0 N–H and O–H groups in total. The number of hydrogen-bond donors (Lipinski definition) is 0. The molecular formula is C42H48N6O9. The second-order valence-electron chi connectivity index (χ2n) is 14.9. The van der Waals surface area contributed by atoms with Gasteiger partial charge < -0.3 is 14.5 Å². The van der Waals surface area contributed by atoms with Crippen LogP contribution in [0.25, 0.3) is 0 Å². The fourth-order valence-electron chi connectivity index (χ4n) is 7.81. The first kappa shape index (κ1) is 39.6. The van der Waals surface area contributed by atoms with Crippen molar-refractivity contribution in [3.8, 4) is 0 Å². The van der Waals surface area contributed by atoms with Crippen LogP contribution in [-0.4, -0.2) is 143 Å². The normalized spacial score (nSPS) is 22.6. The van der Waals surface area contributed by atoms with Crippen molar-refractivity contribution in [2.45, 2.75) is 56.7 Å². The van der Waals surface area contributed by atoms with Crippen molar-refractivity contribution in [3.05, 3.63) is 108 Å². The summed E-state index contributed by atoms with van der Waals surface area (Å²) in [6.45, 7) is 5.08. The molecule has 0 bridgehead atoms. The first-order valence-corrected chi connectivity index (χ1v) is 19.7. The molecule has 4 aliphatic heterocycles. The SMILES string of the molecule is O=C(ON1C(=O)CCC1CN1CCN(CC2CCC(=O)N2OC(=O)c2ccccc2)CCN(CC2CCC(=O)N2OC(=O)c2ccccc2)CC1)c1ccccc1. The van der Waals surface area contributed by atoms with E-state index in [1.54, 1.807) is 91.0 Å². The first-order chi connectivity index (χ1) is 27.7. The number of nitrogens with zero attached hydrogens (tertiary/aromatic N) is 6. The summed E-state index contributed by atoms with van der Waals surface area (Å²) in [5, 5.41) is 3.68. The van der Waals surface area contributed by atoms with Crippen LogP contribution < -0.4 is 0 Å². The average Bonchev–Trinajstić information content (AvgIpc) is 3.90. The lowest BCUT2D eigenvalue weighted by Crippen LogP contribution is -2.47. The van der Waals surface area contributed by atoms with Crippen LogP contribution in [0.15, 0.2) is 91.0 Å². The summed E-state index contributed by atoms with van der Waals surface area (Å²) in [5.41, 5.74) is 1.06. The Morgan fingerprint density at radius 3 is 0.912 bits per heavy atom. The number of hydroxylamine groups is 6. The summed E-state index contributed by atoms with van der Waals surface area (Å²) in [6, 6.07) is 24.6. The van der Waals surface area contributed by atoms with Gasteiger partial charge in [0, 0.05) is 78.2 Å². The minimum atomic E-state index is -0.593. The van der Waals surface area contributed by atoms with E-state index >= 15 is 0 Å². The number of rotatable bonds is 12. The molecule has 3 amide bonds. The fourth-order valence-corrected chi connectivity index (χ4v) is 7.81. The molecule has 4 heterocycles. The summed E-state index contributed by atoms with van der Waals surface area (Å²) in [5.74, 6) is -2.52. The Kier molecular flexibility index (Phi) is 12.9. The molecule has 3 aromatic carbocycles. The van der Waals surface area contributed by atoms with Gasteiger partial charge in [0.25, 0.3) is 17.7 Å². The molecule has 7 rings (SSSR count). The van der Waals surface area contributed by atoms with Gasteiger partial charge in [0.2, 0.25) is 0 Å². The molecule has 3 aromatic rings. The van der Waals surface area contributed by atoms with Gasteiger partial charge in [-0.3, -0.25) is 29.1 Å². The van der Waals surface area contributed by atoms with Gasteiger partial charge in [0.05, 0.1) is 34.8 Å². The maximum atomic E-state index is 13.0. The summed E-state index contributed by atoms with van der Waals surface area (Å²) in [4.78, 5) is 102. The van der Waals surface area contributed by atoms with Gasteiger partial charge in [-0.2, -0.15) is 15.2 Å². The molecule has 0 spiro atoms. The van der Waals surface area contributed by atoms with Crippen LogP contribution in [0.3, 0.4) is 0 Å². The zero-order valence-electron chi connectivity index (χ0n) is 31.9. The highest BCUT2D eigenvalue weighted by Gasteiger charge is 2.40. The van der Waals surface area contributed by atoms with Crippen molar-refractivity contribution in [2.24, 2.45) is 0 Å². The van der Waals surface area contributed by atoms with E-state index in [2.05, 4.69) is 14.7 Å². The lowest BCUT2D eigenvalue weighted by Gasteiger charge is -2.32. The fraction of sp³-hybridized carbons (Fsp3) is 0.429.